The van der Waals surface area contributed by atoms with Gasteiger partial charge in [0.2, 0.25) is 0 Å². The number of anilines is 1. The summed E-state index contributed by atoms with van der Waals surface area (Å²) >= 11 is 0. The van der Waals surface area contributed by atoms with Crippen LogP contribution in [0, 0.1) is 0 Å². The predicted molar refractivity (Wildman–Crippen MR) is 89.8 cm³/mol. The first kappa shape index (κ1) is 14.9. The van der Waals surface area contributed by atoms with Crippen LogP contribution in [0.4, 0.5) is 5.69 Å². The summed E-state index contributed by atoms with van der Waals surface area (Å²) in [5.74, 6) is 0. The van der Waals surface area contributed by atoms with Gasteiger partial charge >= 0.3 is 0 Å². The minimum atomic E-state index is 0.387. The van der Waals surface area contributed by atoms with Gasteiger partial charge in [-0.05, 0) is 56.3 Å². The van der Waals surface area contributed by atoms with E-state index < -0.39 is 0 Å². The van der Waals surface area contributed by atoms with Gasteiger partial charge in [0.25, 0.3) is 0 Å². The zero-order valence-corrected chi connectivity index (χ0v) is 13.5. The first-order valence-corrected chi connectivity index (χ1v) is 8.50. The number of hydrogen-bond donors (Lipinski definition) is 1. The van der Waals surface area contributed by atoms with E-state index in [-0.39, 0.29) is 0 Å². The van der Waals surface area contributed by atoms with E-state index in [9.17, 15) is 0 Å². The van der Waals surface area contributed by atoms with Crippen LogP contribution in [-0.2, 0) is 6.42 Å². The van der Waals surface area contributed by atoms with Crippen molar-refractivity contribution in [1.82, 2.24) is 4.90 Å². The monoisotopic (exact) mass is 287 g/mol. The topological polar surface area (TPSA) is 32.5 Å². The van der Waals surface area contributed by atoms with E-state index in [1.165, 1.54) is 62.0 Å². The van der Waals surface area contributed by atoms with Gasteiger partial charge in [-0.1, -0.05) is 18.6 Å². The molecule has 2 atom stereocenters. The number of likely N-dealkylation sites (tertiary alicyclic amines) is 1. The van der Waals surface area contributed by atoms with Crippen molar-refractivity contribution in [2.45, 2.75) is 51.1 Å². The highest BCUT2D eigenvalue weighted by Gasteiger charge is 2.27. The largest absolute Gasteiger partial charge is 0.374 e. The van der Waals surface area contributed by atoms with E-state index in [1.807, 2.05) is 0 Å². The van der Waals surface area contributed by atoms with Gasteiger partial charge in [0.1, 0.15) is 0 Å². The number of nitrogens with zero attached hydrogens (tertiary/aromatic N) is 2. The zero-order valence-electron chi connectivity index (χ0n) is 13.5. The quantitative estimate of drug-likeness (QED) is 0.928. The van der Waals surface area contributed by atoms with Gasteiger partial charge in [0.05, 0.1) is 0 Å². The Balaban J connectivity index is 1.87. The lowest BCUT2D eigenvalue weighted by molar-refractivity contribution is 0.109. The molecule has 116 valence electrons. The van der Waals surface area contributed by atoms with Gasteiger partial charge < -0.3 is 10.6 Å². The second-order valence-corrected chi connectivity index (χ2v) is 6.75. The second kappa shape index (κ2) is 6.37. The van der Waals surface area contributed by atoms with Gasteiger partial charge in [-0.25, -0.2) is 0 Å². The molecule has 3 rings (SSSR count). The Morgan fingerprint density at radius 2 is 2.10 bits per heavy atom. The van der Waals surface area contributed by atoms with Crippen LogP contribution in [0.1, 0.15) is 49.8 Å². The Morgan fingerprint density at radius 1 is 1.24 bits per heavy atom. The van der Waals surface area contributed by atoms with Crippen molar-refractivity contribution in [3.8, 4) is 0 Å². The molecule has 2 unspecified atom stereocenters. The molecule has 2 aliphatic rings. The number of benzene rings is 1. The molecule has 1 saturated heterocycles. The number of nitrogens with two attached hydrogens (primary N) is 1. The van der Waals surface area contributed by atoms with Crippen molar-refractivity contribution in [3.63, 3.8) is 0 Å². The van der Waals surface area contributed by atoms with Crippen molar-refractivity contribution >= 4 is 5.69 Å². The molecule has 21 heavy (non-hydrogen) atoms. The molecule has 0 spiro atoms. The van der Waals surface area contributed by atoms with Gasteiger partial charge in [-0.15, -0.1) is 0 Å². The highest BCUT2D eigenvalue weighted by Crippen LogP contribution is 2.32. The minimum absolute atomic E-state index is 0.387. The van der Waals surface area contributed by atoms with E-state index in [4.69, 9.17) is 5.73 Å². The summed E-state index contributed by atoms with van der Waals surface area (Å²) in [5, 5.41) is 0. The Hall–Kier alpha value is -1.06. The summed E-state index contributed by atoms with van der Waals surface area (Å²) in [5.41, 5.74) is 10.5. The average Bonchev–Trinajstić information content (AvgIpc) is 2.50. The molecule has 0 amide bonds. The van der Waals surface area contributed by atoms with E-state index >= 15 is 0 Å². The molecule has 3 heteroatoms. The van der Waals surface area contributed by atoms with Crippen LogP contribution in [0.3, 0.4) is 0 Å². The third-order valence-electron chi connectivity index (χ3n) is 5.32. The molecule has 1 fully saturated rings. The molecule has 0 aromatic heterocycles. The maximum Gasteiger partial charge on any atom is 0.0473 e. The number of aryl methyl sites for hydroxylation is 1. The maximum absolute atomic E-state index is 6.15. The Kier molecular flexibility index (Phi) is 4.51. The molecule has 0 aliphatic carbocycles. The molecule has 2 aliphatic heterocycles. The molecular weight excluding hydrogens is 258 g/mol. The van der Waals surface area contributed by atoms with Crippen LogP contribution in [0.15, 0.2) is 18.2 Å². The number of fused-ring (bicyclic) bond motifs is 1. The van der Waals surface area contributed by atoms with Crippen LogP contribution in [0.5, 0.6) is 0 Å². The highest BCUT2D eigenvalue weighted by molar-refractivity contribution is 5.56. The smallest absolute Gasteiger partial charge is 0.0473 e. The molecule has 1 aromatic carbocycles. The van der Waals surface area contributed by atoms with Crippen LogP contribution in [-0.4, -0.2) is 37.6 Å². The summed E-state index contributed by atoms with van der Waals surface area (Å²) in [6, 6.07) is 8.08. The minimum Gasteiger partial charge on any atom is -0.374 e. The van der Waals surface area contributed by atoms with Crippen molar-refractivity contribution in [2.24, 2.45) is 5.73 Å². The molecule has 3 nitrogen and oxygen atoms in total. The summed E-state index contributed by atoms with van der Waals surface area (Å²) in [4.78, 5) is 5.00. The molecular formula is C18H29N3. The lowest BCUT2D eigenvalue weighted by Gasteiger charge is -2.40. The number of hydrogen-bond acceptors (Lipinski definition) is 3. The Labute approximate surface area is 129 Å². The van der Waals surface area contributed by atoms with Crippen LogP contribution in [0.25, 0.3) is 0 Å². The Morgan fingerprint density at radius 3 is 2.86 bits per heavy atom. The first-order chi connectivity index (χ1) is 10.2. The van der Waals surface area contributed by atoms with E-state index in [1.54, 1.807) is 0 Å². The summed E-state index contributed by atoms with van der Waals surface area (Å²) in [6.45, 7) is 5.45. The number of rotatable bonds is 3. The van der Waals surface area contributed by atoms with Crippen molar-refractivity contribution in [1.29, 1.82) is 0 Å². The fraction of sp³-hybridized carbons (Fsp3) is 0.667. The van der Waals surface area contributed by atoms with E-state index in [2.05, 4.69) is 42.0 Å². The average molecular weight is 287 g/mol. The molecule has 0 bridgehead atoms. The standard InChI is InChI=1S/C18H29N3/c1-14-6-3-4-11-21(14)18(13-19)16-8-9-17-15(12-16)7-5-10-20(17)2/h8-9,12,14,18H,3-7,10-11,13,19H2,1-2H3. The Bertz CT molecular complexity index is 485. The molecule has 1 aromatic rings. The fourth-order valence-electron chi connectivity index (χ4n) is 4.06. The molecule has 2 heterocycles. The SMILES string of the molecule is CC1CCCCN1C(CN)c1ccc2c(c1)CCCN2C. The van der Waals surface area contributed by atoms with Gasteiger partial charge in [0, 0.05) is 37.9 Å². The molecule has 2 N–H and O–H groups in total. The van der Waals surface area contributed by atoms with Crippen LogP contribution in [0.2, 0.25) is 0 Å². The van der Waals surface area contributed by atoms with E-state index in [0.29, 0.717) is 12.1 Å². The van der Waals surface area contributed by atoms with Crippen molar-refractivity contribution in [3.05, 3.63) is 29.3 Å². The van der Waals surface area contributed by atoms with Crippen LogP contribution < -0.4 is 10.6 Å². The third kappa shape index (κ3) is 2.95. The molecule has 0 radical (unpaired) electrons. The zero-order chi connectivity index (χ0) is 14.8. The fourth-order valence-corrected chi connectivity index (χ4v) is 4.06. The van der Waals surface area contributed by atoms with Crippen molar-refractivity contribution in [2.75, 3.05) is 31.6 Å². The predicted octanol–water partition coefficient (Wildman–Crippen LogP) is 2.94. The normalized spacial score (nSPS) is 24.7. The summed E-state index contributed by atoms with van der Waals surface area (Å²) < 4.78 is 0. The highest BCUT2D eigenvalue weighted by atomic mass is 15.2. The third-order valence-corrected chi connectivity index (χ3v) is 5.32. The summed E-state index contributed by atoms with van der Waals surface area (Å²) in [7, 11) is 2.20. The lowest BCUT2D eigenvalue weighted by Crippen LogP contribution is -2.43. The lowest BCUT2D eigenvalue weighted by atomic mass is 9.93. The van der Waals surface area contributed by atoms with Gasteiger partial charge in [-0.2, -0.15) is 0 Å². The molecule has 0 saturated carbocycles. The maximum atomic E-state index is 6.15. The second-order valence-electron chi connectivity index (χ2n) is 6.75. The number of piperidine rings is 1. The summed E-state index contributed by atoms with van der Waals surface area (Å²) in [6.07, 6.45) is 6.46. The van der Waals surface area contributed by atoms with Crippen LogP contribution >= 0.6 is 0 Å². The van der Waals surface area contributed by atoms with E-state index in [0.717, 1.165) is 6.54 Å². The first-order valence-electron chi connectivity index (χ1n) is 8.50. The van der Waals surface area contributed by atoms with Gasteiger partial charge in [0.15, 0.2) is 0 Å². The van der Waals surface area contributed by atoms with Gasteiger partial charge in [-0.3, -0.25) is 4.90 Å². The van der Waals surface area contributed by atoms with Crippen molar-refractivity contribution < 1.29 is 0 Å².